The molecule has 176 valence electrons. The van der Waals surface area contributed by atoms with Crippen molar-refractivity contribution in [2.45, 2.75) is 29.7 Å². The molecule has 0 aliphatic rings. The summed E-state index contributed by atoms with van der Waals surface area (Å²) in [6.07, 6.45) is -1.04. The van der Waals surface area contributed by atoms with Gasteiger partial charge in [-0.15, -0.1) is 11.8 Å². The highest BCUT2D eigenvalue weighted by Gasteiger charge is 2.34. The summed E-state index contributed by atoms with van der Waals surface area (Å²) in [5.41, 5.74) is 0.276. The molecule has 8 heteroatoms. The van der Waals surface area contributed by atoms with Crippen molar-refractivity contribution in [3.63, 3.8) is 0 Å². The fourth-order valence-corrected chi connectivity index (χ4v) is 4.12. The molecule has 1 atom stereocenters. The third-order valence-electron chi connectivity index (χ3n) is 4.76. The van der Waals surface area contributed by atoms with Gasteiger partial charge in [0.15, 0.2) is 0 Å². The molecule has 1 unspecified atom stereocenters. The first-order chi connectivity index (χ1) is 16.3. The van der Waals surface area contributed by atoms with Crippen LogP contribution in [0.2, 0.25) is 0 Å². The number of halogens is 3. The van der Waals surface area contributed by atoms with E-state index in [1.807, 2.05) is 30.3 Å². The van der Waals surface area contributed by atoms with E-state index in [9.17, 15) is 22.8 Å². The van der Waals surface area contributed by atoms with Gasteiger partial charge in [0.1, 0.15) is 0 Å². The van der Waals surface area contributed by atoms with Gasteiger partial charge in [-0.25, -0.2) is 0 Å². The topological polar surface area (TPSA) is 58.2 Å². The van der Waals surface area contributed by atoms with E-state index in [4.69, 9.17) is 0 Å². The van der Waals surface area contributed by atoms with Crippen LogP contribution in [0.5, 0.6) is 0 Å². The predicted molar refractivity (Wildman–Crippen MR) is 131 cm³/mol. The van der Waals surface area contributed by atoms with E-state index in [0.717, 1.165) is 11.6 Å². The van der Waals surface area contributed by atoms with Crippen LogP contribution in [0.3, 0.4) is 0 Å². The number of amides is 2. The third-order valence-corrected chi connectivity index (χ3v) is 6.12. The standard InChI is InChI=1S/C26H23F3N2O2S/c1-2-23(25(33)31-22-14-7-6-13-21(22)26(27,28)29)34-20-12-8-11-19(17-20)30-24(32)16-15-18-9-4-3-5-10-18/h3-17,23H,2H2,1H3,(H,30,32)(H,31,33)/b16-15+. The number of rotatable bonds is 8. The summed E-state index contributed by atoms with van der Waals surface area (Å²) >= 11 is 1.22. The highest BCUT2D eigenvalue weighted by Crippen LogP contribution is 2.35. The quantitative estimate of drug-likeness (QED) is 0.271. The molecule has 2 N–H and O–H groups in total. The van der Waals surface area contributed by atoms with Gasteiger partial charge in [0.25, 0.3) is 0 Å². The molecule has 0 bridgehead atoms. The molecule has 2 amide bonds. The molecule has 0 aliphatic heterocycles. The summed E-state index contributed by atoms with van der Waals surface area (Å²) in [5, 5.41) is 4.56. The Labute approximate surface area is 200 Å². The van der Waals surface area contributed by atoms with Crippen molar-refractivity contribution in [1.82, 2.24) is 0 Å². The van der Waals surface area contributed by atoms with Crippen LogP contribution in [0.25, 0.3) is 6.08 Å². The van der Waals surface area contributed by atoms with Crippen LogP contribution < -0.4 is 10.6 Å². The zero-order valence-electron chi connectivity index (χ0n) is 18.3. The molecular weight excluding hydrogens is 461 g/mol. The number of carbonyl (C=O) groups is 2. The maximum atomic E-state index is 13.2. The number of thioether (sulfide) groups is 1. The van der Waals surface area contributed by atoms with Gasteiger partial charge in [-0.3, -0.25) is 9.59 Å². The number of hydrogen-bond donors (Lipinski definition) is 2. The Hall–Kier alpha value is -3.52. The van der Waals surface area contributed by atoms with Crippen molar-refractivity contribution in [3.05, 3.63) is 96.1 Å². The molecule has 0 spiro atoms. The average molecular weight is 485 g/mol. The van der Waals surface area contributed by atoms with Gasteiger partial charge >= 0.3 is 6.18 Å². The molecular formula is C26H23F3N2O2S. The van der Waals surface area contributed by atoms with Gasteiger partial charge in [-0.2, -0.15) is 13.2 Å². The summed E-state index contributed by atoms with van der Waals surface area (Å²) in [7, 11) is 0. The molecule has 0 radical (unpaired) electrons. The minimum atomic E-state index is -4.57. The second-order valence-electron chi connectivity index (χ2n) is 7.31. The van der Waals surface area contributed by atoms with Crippen molar-refractivity contribution in [2.75, 3.05) is 10.6 Å². The zero-order chi connectivity index (χ0) is 24.6. The van der Waals surface area contributed by atoms with E-state index in [0.29, 0.717) is 17.0 Å². The number of anilines is 2. The number of nitrogens with one attached hydrogen (secondary N) is 2. The van der Waals surface area contributed by atoms with Gasteiger partial charge in [0, 0.05) is 16.7 Å². The van der Waals surface area contributed by atoms with Gasteiger partial charge in [0.05, 0.1) is 16.5 Å². The van der Waals surface area contributed by atoms with Crippen molar-refractivity contribution >= 4 is 41.0 Å². The monoisotopic (exact) mass is 484 g/mol. The summed E-state index contributed by atoms with van der Waals surface area (Å²) in [6, 6.07) is 21.2. The Balaban J connectivity index is 1.65. The Morgan fingerprint density at radius 1 is 0.941 bits per heavy atom. The lowest BCUT2D eigenvalue weighted by molar-refractivity contribution is -0.137. The van der Waals surface area contributed by atoms with Gasteiger partial charge in [-0.05, 0) is 48.4 Å². The largest absolute Gasteiger partial charge is 0.418 e. The van der Waals surface area contributed by atoms with E-state index in [-0.39, 0.29) is 11.6 Å². The van der Waals surface area contributed by atoms with Crippen LogP contribution >= 0.6 is 11.8 Å². The first-order valence-corrected chi connectivity index (χ1v) is 11.4. The molecule has 4 nitrogen and oxygen atoms in total. The second-order valence-corrected chi connectivity index (χ2v) is 8.58. The van der Waals surface area contributed by atoms with Crippen molar-refractivity contribution in [3.8, 4) is 0 Å². The number of carbonyl (C=O) groups excluding carboxylic acids is 2. The third kappa shape index (κ3) is 7.25. The molecule has 0 saturated heterocycles. The van der Waals surface area contributed by atoms with Crippen LogP contribution in [0, 0.1) is 0 Å². The molecule has 0 aliphatic carbocycles. The lowest BCUT2D eigenvalue weighted by Crippen LogP contribution is -2.26. The lowest BCUT2D eigenvalue weighted by atomic mass is 10.1. The van der Waals surface area contributed by atoms with E-state index in [1.165, 1.54) is 36.0 Å². The molecule has 0 saturated carbocycles. The molecule has 3 aromatic rings. The normalized spacial score (nSPS) is 12.4. The first kappa shape index (κ1) is 25.1. The zero-order valence-corrected chi connectivity index (χ0v) is 19.1. The van der Waals surface area contributed by atoms with Crippen molar-refractivity contribution < 1.29 is 22.8 Å². The smallest absolute Gasteiger partial charge is 0.325 e. The SMILES string of the molecule is CCC(Sc1cccc(NC(=O)/C=C/c2ccccc2)c1)C(=O)Nc1ccccc1C(F)(F)F. The molecule has 0 heterocycles. The number of para-hydroxylation sites is 1. The fourth-order valence-electron chi connectivity index (χ4n) is 3.11. The van der Waals surface area contributed by atoms with Crippen LogP contribution in [0.4, 0.5) is 24.5 Å². The highest BCUT2D eigenvalue weighted by molar-refractivity contribution is 8.00. The molecule has 0 fully saturated rings. The van der Waals surface area contributed by atoms with E-state index in [2.05, 4.69) is 10.6 Å². The van der Waals surface area contributed by atoms with Gasteiger partial charge in [0.2, 0.25) is 11.8 Å². The minimum absolute atomic E-state index is 0.273. The van der Waals surface area contributed by atoms with Gasteiger partial charge in [-0.1, -0.05) is 55.5 Å². The highest BCUT2D eigenvalue weighted by atomic mass is 32.2. The Kier molecular flexibility index (Phi) is 8.54. The molecule has 3 aromatic carbocycles. The summed E-state index contributed by atoms with van der Waals surface area (Å²) < 4.78 is 39.7. The number of benzene rings is 3. The summed E-state index contributed by atoms with van der Waals surface area (Å²) in [6.45, 7) is 1.78. The van der Waals surface area contributed by atoms with Crippen molar-refractivity contribution in [1.29, 1.82) is 0 Å². The second kappa shape index (κ2) is 11.6. The molecule has 34 heavy (non-hydrogen) atoms. The Morgan fingerprint density at radius 2 is 1.65 bits per heavy atom. The number of hydrogen-bond acceptors (Lipinski definition) is 3. The summed E-state index contributed by atoms with van der Waals surface area (Å²) in [5.74, 6) is -0.830. The van der Waals surface area contributed by atoms with E-state index in [1.54, 1.807) is 37.3 Å². The molecule has 0 aromatic heterocycles. The van der Waals surface area contributed by atoms with Crippen LogP contribution in [-0.2, 0) is 15.8 Å². The molecule has 3 rings (SSSR count). The van der Waals surface area contributed by atoms with Crippen LogP contribution in [0.15, 0.2) is 89.8 Å². The minimum Gasteiger partial charge on any atom is -0.325 e. The lowest BCUT2D eigenvalue weighted by Gasteiger charge is -2.18. The average Bonchev–Trinajstić information content (AvgIpc) is 2.82. The maximum Gasteiger partial charge on any atom is 0.418 e. The van der Waals surface area contributed by atoms with Gasteiger partial charge < -0.3 is 10.6 Å². The Morgan fingerprint density at radius 3 is 2.35 bits per heavy atom. The fraction of sp³-hybridized carbons (Fsp3) is 0.154. The maximum absolute atomic E-state index is 13.2. The van der Waals surface area contributed by atoms with Crippen LogP contribution in [0.1, 0.15) is 24.5 Å². The first-order valence-electron chi connectivity index (χ1n) is 10.5. The van der Waals surface area contributed by atoms with E-state index >= 15 is 0 Å². The predicted octanol–water partition coefficient (Wildman–Crippen LogP) is 6.87. The van der Waals surface area contributed by atoms with Crippen LogP contribution in [-0.4, -0.2) is 17.1 Å². The van der Waals surface area contributed by atoms with Crippen molar-refractivity contribution in [2.24, 2.45) is 0 Å². The number of alkyl halides is 3. The summed E-state index contributed by atoms with van der Waals surface area (Å²) in [4.78, 5) is 25.7. The van der Waals surface area contributed by atoms with E-state index < -0.39 is 22.9 Å². The Bertz CT molecular complexity index is 1160.